The lowest BCUT2D eigenvalue weighted by Gasteiger charge is -2.35. The van der Waals surface area contributed by atoms with Gasteiger partial charge in [0.1, 0.15) is 0 Å². The van der Waals surface area contributed by atoms with E-state index in [0.717, 1.165) is 50.3 Å². The Morgan fingerprint density at radius 2 is 1.74 bits per heavy atom. The Kier molecular flexibility index (Phi) is 10.9. The number of guanidine groups is 1. The van der Waals surface area contributed by atoms with Crippen LogP contribution in [0.15, 0.2) is 53.5 Å². The average Bonchev–Trinajstić information content (AvgIpc) is 2.82. The Bertz CT molecular complexity index is 814. The number of hydrogen-bond donors (Lipinski definition) is 2. The van der Waals surface area contributed by atoms with E-state index in [0.29, 0.717) is 6.54 Å². The number of nitrogens with one attached hydrogen (secondary N) is 2. The van der Waals surface area contributed by atoms with Crippen molar-refractivity contribution in [2.24, 2.45) is 4.99 Å². The van der Waals surface area contributed by atoms with Crippen LogP contribution in [-0.2, 0) is 11.3 Å². The van der Waals surface area contributed by atoms with Gasteiger partial charge >= 0.3 is 0 Å². The van der Waals surface area contributed by atoms with Gasteiger partial charge in [0.05, 0.1) is 33.5 Å². The van der Waals surface area contributed by atoms with Crippen LogP contribution in [0.1, 0.15) is 17.2 Å². The second-order valence-corrected chi connectivity index (χ2v) is 7.07. The summed E-state index contributed by atoms with van der Waals surface area (Å²) in [5.74, 6) is 2.24. The zero-order chi connectivity index (χ0) is 21.2. The average molecular weight is 540 g/mol. The Hall–Kier alpha value is -2.04. The second kappa shape index (κ2) is 13.4. The van der Waals surface area contributed by atoms with E-state index in [4.69, 9.17) is 14.2 Å². The van der Waals surface area contributed by atoms with Crippen LogP contribution in [0, 0.1) is 0 Å². The van der Waals surface area contributed by atoms with Crippen molar-refractivity contribution in [2.45, 2.75) is 12.6 Å². The number of methoxy groups -OCH3 is 2. The fraction of sp³-hybridized carbons (Fsp3) is 0.435. The smallest absolute Gasteiger partial charge is 0.191 e. The molecule has 2 N–H and O–H groups in total. The van der Waals surface area contributed by atoms with Gasteiger partial charge in [0.15, 0.2) is 17.5 Å². The molecule has 1 atom stereocenters. The molecule has 0 bridgehead atoms. The van der Waals surface area contributed by atoms with E-state index in [9.17, 15) is 0 Å². The summed E-state index contributed by atoms with van der Waals surface area (Å²) in [6.07, 6.45) is 0. The van der Waals surface area contributed by atoms with Crippen LogP contribution in [-0.4, -0.2) is 65.0 Å². The zero-order valence-corrected chi connectivity index (χ0v) is 20.8. The van der Waals surface area contributed by atoms with E-state index < -0.39 is 0 Å². The van der Waals surface area contributed by atoms with Crippen LogP contribution in [0.4, 0.5) is 0 Å². The zero-order valence-electron chi connectivity index (χ0n) is 18.5. The van der Waals surface area contributed by atoms with Crippen molar-refractivity contribution in [3.63, 3.8) is 0 Å². The Labute approximate surface area is 202 Å². The minimum atomic E-state index is 0. The molecule has 2 aromatic rings. The summed E-state index contributed by atoms with van der Waals surface area (Å²) >= 11 is 0. The molecule has 7 nitrogen and oxygen atoms in total. The first-order chi connectivity index (χ1) is 14.7. The topological polar surface area (TPSA) is 67.4 Å². The number of aliphatic imine (C=N–C) groups is 1. The lowest BCUT2D eigenvalue weighted by molar-refractivity contribution is 0.0169. The molecular formula is C23H33IN4O3. The van der Waals surface area contributed by atoms with Gasteiger partial charge in [0.2, 0.25) is 0 Å². The summed E-state index contributed by atoms with van der Waals surface area (Å²) in [7, 11) is 5.11. The van der Waals surface area contributed by atoms with Crippen LogP contribution < -0.4 is 20.1 Å². The van der Waals surface area contributed by atoms with Gasteiger partial charge < -0.3 is 24.8 Å². The van der Waals surface area contributed by atoms with Gasteiger partial charge in [0, 0.05) is 33.2 Å². The molecular weight excluding hydrogens is 507 g/mol. The minimum Gasteiger partial charge on any atom is -0.493 e. The van der Waals surface area contributed by atoms with Gasteiger partial charge in [-0.25, -0.2) is 0 Å². The lowest BCUT2D eigenvalue weighted by atomic mass is 10.0. The van der Waals surface area contributed by atoms with E-state index in [-0.39, 0.29) is 30.0 Å². The predicted molar refractivity (Wildman–Crippen MR) is 135 cm³/mol. The molecule has 1 aliphatic heterocycles. The third-order valence-corrected chi connectivity index (χ3v) is 5.27. The van der Waals surface area contributed by atoms with Crippen molar-refractivity contribution in [1.29, 1.82) is 0 Å². The third-order valence-electron chi connectivity index (χ3n) is 5.27. The fourth-order valence-corrected chi connectivity index (χ4v) is 3.60. The summed E-state index contributed by atoms with van der Waals surface area (Å²) in [6, 6.07) is 16.6. The molecule has 0 spiro atoms. The highest BCUT2D eigenvalue weighted by Crippen LogP contribution is 2.32. The summed E-state index contributed by atoms with van der Waals surface area (Å²) in [6.45, 7) is 4.69. The van der Waals surface area contributed by atoms with Crippen molar-refractivity contribution in [3.05, 3.63) is 59.7 Å². The Morgan fingerprint density at radius 1 is 1.03 bits per heavy atom. The molecule has 2 aromatic carbocycles. The maximum Gasteiger partial charge on any atom is 0.191 e. The number of halogens is 1. The fourth-order valence-electron chi connectivity index (χ4n) is 3.60. The molecule has 1 unspecified atom stereocenters. The maximum atomic E-state index is 5.56. The first-order valence-corrected chi connectivity index (χ1v) is 10.3. The van der Waals surface area contributed by atoms with Crippen LogP contribution in [0.5, 0.6) is 11.5 Å². The van der Waals surface area contributed by atoms with Crippen LogP contribution >= 0.6 is 24.0 Å². The lowest BCUT2D eigenvalue weighted by Crippen LogP contribution is -2.46. The Balaban J connectivity index is 0.00000341. The normalized spacial score (nSPS) is 15.5. The molecule has 1 fully saturated rings. The number of hydrogen-bond acceptors (Lipinski definition) is 5. The van der Waals surface area contributed by atoms with Gasteiger partial charge in [-0.2, -0.15) is 0 Å². The largest absolute Gasteiger partial charge is 0.493 e. The SMILES string of the molecule is CN=C(NCc1ccccc1)NCC(c1ccc(OC)c(OC)c1)N1CCOCC1.I. The third kappa shape index (κ3) is 7.26. The highest BCUT2D eigenvalue weighted by atomic mass is 127. The number of nitrogens with zero attached hydrogens (tertiary/aromatic N) is 2. The first-order valence-electron chi connectivity index (χ1n) is 10.3. The van der Waals surface area contributed by atoms with E-state index in [1.54, 1.807) is 21.3 Å². The van der Waals surface area contributed by atoms with Crippen LogP contribution in [0.2, 0.25) is 0 Å². The van der Waals surface area contributed by atoms with Gasteiger partial charge in [-0.05, 0) is 23.3 Å². The molecule has 1 aliphatic rings. The van der Waals surface area contributed by atoms with Gasteiger partial charge in [-0.3, -0.25) is 9.89 Å². The van der Waals surface area contributed by atoms with E-state index in [1.807, 2.05) is 24.3 Å². The minimum absolute atomic E-state index is 0. The molecule has 0 radical (unpaired) electrons. The van der Waals surface area contributed by atoms with Gasteiger partial charge in [-0.1, -0.05) is 36.4 Å². The standard InChI is InChI=1S/C23H32N4O3.HI/c1-24-23(25-16-18-7-5-4-6-8-18)26-17-20(27-11-13-30-14-12-27)19-9-10-21(28-2)22(15-19)29-3;/h4-10,15,20H,11-14,16-17H2,1-3H3,(H2,24,25,26);1H. The van der Waals surface area contributed by atoms with Crippen molar-refractivity contribution in [1.82, 2.24) is 15.5 Å². The van der Waals surface area contributed by atoms with E-state index >= 15 is 0 Å². The second-order valence-electron chi connectivity index (χ2n) is 7.07. The quantitative estimate of drug-likeness (QED) is 0.305. The molecule has 0 aromatic heterocycles. The summed E-state index contributed by atoms with van der Waals surface area (Å²) in [5, 5.41) is 6.87. The first kappa shape index (κ1) is 25.2. The Morgan fingerprint density at radius 3 is 2.39 bits per heavy atom. The molecule has 170 valence electrons. The van der Waals surface area contributed by atoms with E-state index in [2.05, 4.69) is 44.8 Å². The van der Waals surface area contributed by atoms with Gasteiger partial charge in [0.25, 0.3) is 0 Å². The number of morpholine rings is 1. The molecule has 0 aliphatic carbocycles. The molecule has 0 amide bonds. The van der Waals surface area contributed by atoms with Crippen molar-refractivity contribution in [3.8, 4) is 11.5 Å². The maximum absolute atomic E-state index is 5.56. The van der Waals surface area contributed by atoms with E-state index in [1.165, 1.54) is 11.1 Å². The van der Waals surface area contributed by atoms with Crippen LogP contribution in [0.3, 0.4) is 0 Å². The van der Waals surface area contributed by atoms with Gasteiger partial charge in [-0.15, -0.1) is 24.0 Å². The van der Waals surface area contributed by atoms with Crippen LogP contribution in [0.25, 0.3) is 0 Å². The molecule has 1 saturated heterocycles. The molecule has 3 rings (SSSR count). The monoisotopic (exact) mass is 540 g/mol. The summed E-state index contributed by atoms with van der Waals surface area (Å²) < 4.78 is 16.5. The molecule has 8 heteroatoms. The van der Waals surface area contributed by atoms with Crippen molar-refractivity contribution >= 4 is 29.9 Å². The summed E-state index contributed by atoms with van der Waals surface area (Å²) in [5.41, 5.74) is 2.38. The highest BCUT2D eigenvalue weighted by molar-refractivity contribution is 14.0. The molecule has 1 heterocycles. The number of ether oxygens (including phenoxy) is 3. The number of rotatable bonds is 8. The van der Waals surface area contributed by atoms with Crippen molar-refractivity contribution in [2.75, 3.05) is 54.1 Å². The summed E-state index contributed by atoms with van der Waals surface area (Å²) in [4.78, 5) is 6.81. The van der Waals surface area contributed by atoms with Crippen molar-refractivity contribution < 1.29 is 14.2 Å². The number of benzene rings is 2. The molecule has 0 saturated carbocycles. The molecule has 31 heavy (non-hydrogen) atoms. The predicted octanol–water partition coefficient (Wildman–Crippen LogP) is 3.06. The highest BCUT2D eigenvalue weighted by Gasteiger charge is 2.24.